The lowest BCUT2D eigenvalue weighted by atomic mass is 10.3. The molecule has 0 amide bonds. The van der Waals surface area contributed by atoms with Gasteiger partial charge in [0, 0.05) is 52.4 Å². The van der Waals surface area contributed by atoms with Crippen LogP contribution in [0.5, 0.6) is 0 Å². The Morgan fingerprint density at radius 1 is 0.548 bits per heavy atom. The van der Waals surface area contributed by atoms with Crippen LogP contribution in [0.15, 0.2) is 0 Å². The van der Waals surface area contributed by atoms with E-state index in [9.17, 15) is 24.3 Å². The third kappa shape index (κ3) is 11.6. The Labute approximate surface area is 182 Å². The quantitative estimate of drug-likeness (QED) is 0.321. The molecule has 1 aliphatic rings. The molecule has 178 valence electrons. The number of rotatable bonds is 8. The van der Waals surface area contributed by atoms with Gasteiger partial charge >= 0.3 is 23.9 Å². The molecule has 0 aromatic heterocycles. The van der Waals surface area contributed by atoms with E-state index in [1.54, 1.807) is 4.90 Å². The standard InChI is InChI=1S/C19H34N4O8/c1-29-17(26)13-21-6-4-20(12-16(24)25)5-7-22(14-18(27)30-2)9-11-23(10-8-21)15-19(28)31-3/h4-15H2,1-3H3,(H,24,25). The molecule has 0 aliphatic carbocycles. The van der Waals surface area contributed by atoms with Crippen LogP contribution in [0.4, 0.5) is 0 Å². The summed E-state index contributed by atoms with van der Waals surface area (Å²) in [5.41, 5.74) is 0. The van der Waals surface area contributed by atoms with Gasteiger partial charge in [0.1, 0.15) is 0 Å². The molecule has 1 saturated heterocycles. The Hall–Kier alpha value is -2.28. The van der Waals surface area contributed by atoms with Crippen molar-refractivity contribution >= 4 is 23.9 Å². The molecule has 12 nitrogen and oxygen atoms in total. The number of nitrogens with zero attached hydrogens (tertiary/aromatic N) is 4. The minimum absolute atomic E-state index is 0.0674. The van der Waals surface area contributed by atoms with Gasteiger partial charge < -0.3 is 19.3 Å². The van der Waals surface area contributed by atoms with Crippen LogP contribution in [0.25, 0.3) is 0 Å². The highest BCUT2D eigenvalue weighted by Crippen LogP contribution is 2.02. The molecular weight excluding hydrogens is 412 g/mol. The average Bonchev–Trinajstić information content (AvgIpc) is 2.74. The van der Waals surface area contributed by atoms with Gasteiger partial charge in [0.25, 0.3) is 0 Å². The predicted molar refractivity (Wildman–Crippen MR) is 109 cm³/mol. The molecule has 0 aromatic carbocycles. The molecular formula is C19H34N4O8. The first kappa shape index (κ1) is 26.8. The third-order valence-electron chi connectivity index (χ3n) is 5.03. The number of esters is 3. The van der Waals surface area contributed by atoms with Crippen molar-refractivity contribution in [3.05, 3.63) is 0 Å². The highest BCUT2D eigenvalue weighted by atomic mass is 16.5. The van der Waals surface area contributed by atoms with Gasteiger partial charge in [0.2, 0.25) is 0 Å². The zero-order valence-electron chi connectivity index (χ0n) is 18.6. The SMILES string of the molecule is COC(=O)CN1CCN(CC(=O)O)CCN(CC(=O)OC)CCN(CC(=O)OC)CC1. The molecule has 31 heavy (non-hydrogen) atoms. The van der Waals surface area contributed by atoms with E-state index >= 15 is 0 Å². The lowest BCUT2D eigenvalue weighted by Crippen LogP contribution is -2.49. The van der Waals surface area contributed by atoms with Crippen molar-refractivity contribution in [3.8, 4) is 0 Å². The van der Waals surface area contributed by atoms with Crippen LogP contribution in [0.2, 0.25) is 0 Å². The number of carboxylic acid groups (broad SMARTS) is 1. The number of carbonyl (C=O) groups excluding carboxylic acids is 3. The fraction of sp³-hybridized carbons (Fsp3) is 0.789. The highest BCUT2D eigenvalue weighted by molar-refractivity contribution is 5.72. The first-order chi connectivity index (χ1) is 14.8. The lowest BCUT2D eigenvalue weighted by molar-refractivity contribution is -0.144. The van der Waals surface area contributed by atoms with Crippen LogP contribution in [-0.4, -0.2) is 148 Å². The van der Waals surface area contributed by atoms with Crippen molar-refractivity contribution in [2.45, 2.75) is 0 Å². The van der Waals surface area contributed by atoms with Crippen molar-refractivity contribution < 1.29 is 38.5 Å². The van der Waals surface area contributed by atoms with E-state index in [4.69, 9.17) is 14.2 Å². The van der Waals surface area contributed by atoms with Gasteiger partial charge in [-0.05, 0) is 0 Å². The third-order valence-corrected chi connectivity index (χ3v) is 5.03. The Morgan fingerprint density at radius 3 is 0.968 bits per heavy atom. The monoisotopic (exact) mass is 446 g/mol. The first-order valence-electron chi connectivity index (χ1n) is 10.1. The second kappa shape index (κ2) is 14.7. The summed E-state index contributed by atoms with van der Waals surface area (Å²) >= 11 is 0. The summed E-state index contributed by atoms with van der Waals surface area (Å²) in [7, 11) is 3.95. The summed E-state index contributed by atoms with van der Waals surface area (Å²) in [5.74, 6) is -2.10. The molecule has 0 atom stereocenters. The molecule has 0 aromatic rings. The Kier molecular flexibility index (Phi) is 12.7. The number of hydrogen-bond acceptors (Lipinski definition) is 11. The Bertz CT molecular complexity index is 569. The maximum absolute atomic E-state index is 11.8. The average molecular weight is 447 g/mol. The van der Waals surface area contributed by atoms with Gasteiger partial charge in [0.05, 0.1) is 47.5 Å². The summed E-state index contributed by atoms with van der Waals surface area (Å²) in [6.07, 6.45) is 0. The normalized spacial score (nSPS) is 18.4. The number of hydrogen-bond donors (Lipinski definition) is 1. The molecule has 12 heteroatoms. The van der Waals surface area contributed by atoms with Crippen molar-refractivity contribution in [1.82, 2.24) is 19.6 Å². The van der Waals surface area contributed by atoms with E-state index < -0.39 is 5.97 Å². The summed E-state index contributed by atoms with van der Waals surface area (Å²) in [5, 5.41) is 9.23. The van der Waals surface area contributed by atoms with E-state index in [0.29, 0.717) is 52.4 Å². The molecule has 1 rings (SSSR count). The second-order valence-electron chi connectivity index (χ2n) is 7.23. The van der Waals surface area contributed by atoms with Crippen molar-refractivity contribution in [2.24, 2.45) is 0 Å². The molecule has 0 bridgehead atoms. The minimum Gasteiger partial charge on any atom is -0.480 e. The smallest absolute Gasteiger partial charge is 0.319 e. The van der Waals surface area contributed by atoms with Gasteiger partial charge in [0.15, 0.2) is 0 Å². The van der Waals surface area contributed by atoms with Crippen LogP contribution >= 0.6 is 0 Å². The maximum Gasteiger partial charge on any atom is 0.319 e. The molecule has 1 fully saturated rings. The van der Waals surface area contributed by atoms with Gasteiger partial charge in [-0.15, -0.1) is 0 Å². The fourth-order valence-corrected chi connectivity index (χ4v) is 3.14. The van der Waals surface area contributed by atoms with Crippen LogP contribution in [-0.2, 0) is 33.4 Å². The zero-order valence-corrected chi connectivity index (χ0v) is 18.6. The Balaban J connectivity index is 2.96. The zero-order chi connectivity index (χ0) is 23.2. The van der Waals surface area contributed by atoms with Gasteiger partial charge in [-0.2, -0.15) is 0 Å². The molecule has 1 heterocycles. The molecule has 0 radical (unpaired) electrons. The highest BCUT2D eigenvalue weighted by Gasteiger charge is 2.21. The molecule has 0 saturated carbocycles. The number of carbonyl (C=O) groups is 4. The van der Waals surface area contributed by atoms with Crippen molar-refractivity contribution in [3.63, 3.8) is 0 Å². The van der Waals surface area contributed by atoms with E-state index in [-0.39, 0.29) is 44.1 Å². The number of methoxy groups -OCH3 is 3. The lowest BCUT2D eigenvalue weighted by Gasteiger charge is -2.32. The van der Waals surface area contributed by atoms with Crippen LogP contribution in [0, 0.1) is 0 Å². The van der Waals surface area contributed by atoms with Crippen molar-refractivity contribution in [2.75, 3.05) is 99.9 Å². The van der Waals surface area contributed by atoms with Crippen LogP contribution < -0.4 is 0 Å². The maximum atomic E-state index is 11.8. The number of ether oxygens (including phenoxy) is 3. The van der Waals surface area contributed by atoms with E-state index in [1.165, 1.54) is 21.3 Å². The van der Waals surface area contributed by atoms with Gasteiger partial charge in [-0.1, -0.05) is 0 Å². The van der Waals surface area contributed by atoms with Crippen molar-refractivity contribution in [1.29, 1.82) is 0 Å². The first-order valence-corrected chi connectivity index (χ1v) is 10.1. The van der Waals surface area contributed by atoms with E-state index in [1.807, 2.05) is 14.7 Å². The molecule has 1 N–H and O–H groups in total. The molecule has 1 aliphatic heterocycles. The van der Waals surface area contributed by atoms with E-state index in [0.717, 1.165) is 0 Å². The van der Waals surface area contributed by atoms with Crippen LogP contribution in [0.3, 0.4) is 0 Å². The topological polar surface area (TPSA) is 129 Å². The Morgan fingerprint density at radius 2 is 0.774 bits per heavy atom. The second-order valence-corrected chi connectivity index (χ2v) is 7.23. The number of aliphatic carboxylic acids is 1. The summed E-state index contributed by atoms with van der Waals surface area (Å²) in [6, 6.07) is 0. The summed E-state index contributed by atoms with van der Waals surface area (Å²) in [6.45, 7) is 3.74. The number of carboxylic acids is 1. The molecule has 0 spiro atoms. The van der Waals surface area contributed by atoms with Gasteiger partial charge in [-0.25, -0.2) is 0 Å². The van der Waals surface area contributed by atoms with Gasteiger partial charge in [-0.3, -0.25) is 38.8 Å². The predicted octanol–water partition coefficient (Wildman–Crippen LogP) is -2.19. The minimum atomic E-state index is -0.949. The summed E-state index contributed by atoms with van der Waals surface area (Å²) in [4.78, 5) is 54.1. The van der Waals surface area contributed by atoms with E-state index in [2.05, 4.69) is 0 Å². The molecule has 0 unspecified atom stereocenters. The fourth-order valence-electron chi connectivity index (χ4n) is 3.14. The van der Waals surface area contributed by atoms with Crippen LogP contribution in [0.1, 0.15) is 0 Å². The largest absolute Gasteiger partial charge is 0.480 e. The summed E-state index contributed by atoms with van der Waals surface area (Å²) < 4.78 is 14.3.